The minimum atomic E-state index is 0.240. The third-order valence-electron chi connectivity index (χ3n) is 2.44. The lowest BCUT2D eigenvalue weighted by molar-refractivity contribution is 0.282. The Kier molecular flexibility index (Phi) is 3.69. The molecule has 1 unspecified atom stereocenters. The maximum atomic E-state index is 8.77. The van der Waals surface area contributed by atoms with E-state index in [1.165, 1.54) is 0 Å². The Bertz CT molecular complexity index is 457. The average molecular weight is 237 g/mol. The summed E-state index contributed by atoms with van der Waals surface area (Å²) in [6, 6.07) is 2.34. The second-order valence-corrected chi connectivity index (χ2v) is 4.67. The van der Waals surface area contributed by atoms with Crippen LogP contribution in [0.3, 0.4) is 0 Å². The molecule has 0 radical (unpaired) electrons. The van der Waals surface area contributed by atoms with Gasteiger partial charge in [0, 0.05) is 12.6 Å². The first-order valence-corrected chi connectivity index (χ1v) is 6.25. The average Bonchev–Trinajstić information content (AvgIpc) is 2.75. The van der Waals surface area contributed by atoms with Gasteiger partial charge in [-0.05, 0) is 31.2 Å². The summed E-state index contributed by atoms with van der Waals surface area (Å²) in [7, 11) is 0. The predicted molar refractivity (Wildman–Crippen MR) is 66.8 cm³/mol. The molecule has 1 atom stereocenters. The smallest absolute Gasteiger partial charge is 0.138 e. The van der Waals surface area contributed by atoms with Crippen LogP contribution in [0.2, 0.25) is 0 Å². The first kappa shape index (κ1) is 11.3. The van der Waals surface area contributed by atoms with E-state index < -0.39 is 0 Å². The number of aromatic nitrogens is 2. The van der Waals surface area contributed by atoms with E-state index >= 15 is 0 Å². The summed E-state index contributed by atoms with van der Waals surface area (Å²) in [6.45, 7) is 2.33. The number of aliphatic hydroxyl groups is 1. The molecule has 16 heavy (non-hydrogen) atoms. The third kappa shape index (κ3) is 2.48. The monoisotopic (exact) mass is 237 g/mol. The highest BCUT2D eigenvalue weighted by molar-refractivity contribution is 7.16. The fourth-order valence-corrected chi connectivity index (χ4v) is 2.34. The van der Waals surface area contributed by atoms with Gasteiger partial charge in [-0.2, -0.15) is 0 Å². The third-order valence-corrected chi connectivity index (χ3v) is 3.26. The van der Waals surface area contributed by atoms with E-state index in [1.54, 1.807) is 17.7 Å². The van der Waals surface area contributed by atoms with Crippen LogP contribution < -0.4 is 5.32 Å². The number of anilines is 1. The van der Waals surface area contributed by atoms with Crippen LogP contribution >= 0.6 is 11.3 Å². The summed E-state index contributed by atoms with van der Waals surface area (Å²) >= 11 is 1.62. The zero-order chi connectivity index (χ0) is 11.4. The van der Waals surface area contributed by atoms with Crippen LogP contribution in [0.1, 0.15) is 19.8 Å². The van der Waals surface area contributed by atoms with Crippen molar-refractivity contribution in [3.05, 3.63) is 17.8 Å². The highest BCUT2D eigenvalue weighted by atomic mass is 32.1. The van der Waals surface area contributed by atoms with E-state index in [1.807, 2.05) is 11.4 Å². The maximum Gasteiger partial charge on any atom is 0.138 e. The lowest BCUT2D eigenvalue weighted by atomic mass is 10.2. The van der Waals surface area contributed by atoms with Gasteiger partial charge in [0.15, 0.2) is 0 Å². The van der Waals surface area contributed by atoms with Gasteiger partial charge < -0.3 is 10.4 Å². The van der Waals surface area contributed by atoms with Crippen molar-refractivity contribution in [3.63, 3.8) is 0 Å². The Morgan fingerprint density at radius 1 is 1.50 bits per heavy atom. The summed E-state index contributed by atoms with van der Waals surface area (Å²) in [4.78, 5) is 9.45. The highest BCUT2D eigenvalue weighted by Gasteiger charge is 2.07. The number of thiophene rings is 1. The fourth-order valence-electron chi connectivity index (χ4n) is 1.61. The van der Waals surface area contributed by atoms with Crippen LogP contribution in [0.25, 0.3) is 10.2 Å². The Labute approximate surface area is 98.4 Å². The molecule has 2 rings (SSSR count). The molecule has 4 nitrogen and oxygen atoms in total. The number of aliphatic hydroxyl groups excluding tert-OH is 1. The van der Waals surface area contributed by atoms with Crippen LogP contribution in [-0.2, 0) is 0 Å². The van der Waals surface area contributed by atoms with E-state index in [0.717, 1.165) is 28.9 Å². The van der Waals surface area contributed by atoms with E-state index in [2.05, 4.69) is 22.2 Å². The predicted octanol–water partition coefficient (Wildman–Crippen LogP) is 2.26. The van der Waals surface area contributed by atoms with Crippen LogP contribution in [-0.4, -0.2) is 27.7 Å². The molecule has 0 saturated carbocycles. The topological polar surface area (TPSA) is 58.0 Å². The Hall–Kier alpha value is -1.20. The molecule has 86 valence electrons. The molecular weight excluding hydrogens is 222 g/mol. The van der Waals surface area contributed by atoms with Gasteiger partial charge in [0.1, 0.15) is 17.0 Å². The minimum Gasteiger partial charge on any atom is -0.396 e. The minimum absolute atomic E-state index is 0.240. The first-order chi connectivity index (χ1) is 7.81. The maximum absolute atomic E-state index is 8.77. The van der Waals surface area contributed by atoms with Gasteiger partial charge in [0.2, 0.25) is 0 Å². The van der Waals surface area contributed by atoms with Gasteiger partial charge in [0.05, 0.1) is 5.39 Å². The molecule has 0 aliphatic carbocycles. The molecule has 0 aliphatic heterocycles. The fraction of sp³-hybridized carbons (Fsp3) is 0.455. The van der Waals surface area contributed by atoms with Crippen molar-refractivity contribution in [1.82, 2.24) is 9.97 Å². The van der Waals surface area contributed by atoms with E-state index in [0.29, 0.717) is 6.04 Å². The number of hydrogen-bond acceptors (Lipinski definition) is 5. The largest absolute Gasteiger partial charge is 0.396 e. The van der Waals surface area contributed by atoms with Crippen molar-refractivity contribution in [1.29, 1.82) is 0 Å². The van der Waals surface area contributed by atoms with Gasteiger partial charge in [0.25, 0.3) is 0 Å². The first-order valence-electron chi connectivity index (χ1n) is 5.37. The van der Waals surface area contributed by atoms with Crippen molar-refractivity contribution in [2.24, 2.45) is 0 Å². The number of rotatable bonds is 5. The number of fused-ring (bicyclic) bond motifs is 1. The zero-order valence-electron chi connectivity index (χ0n) is 9.18. The molecular formula is C11H15N3OS. The SMILES string of the molecule is CC(CCCO)Nc1ncnc2sccc12. The molecule has 2 N–H and O–H groups in total. The van der Waals surface area contributed by atoms with E-state index in [-0.39, 0.29) is 6.61 Å². The second-order valence-electron chi connectivity index (χ2n) is 3.77. The van der Waals surface area contributed by atoms with Gasteiger partial charge in [-0.3, -0.25) is 0 Å². The normalized spacial score (nSPS) is 12.9. The summed E-state index contributed by atoms with van der Waals surface area (Å²) in [5.41, 5.74) is 0. The lowest BCUT2D eigenvalue weighted by Crippen LogP contribution is -2.16. The van der Waals surface area contributed by atoms with E-state index in [4.69, 9.17) is 5.11 Å². The van der Waals surface area contributed by atoms with Gasteiger partial charge >= 0.3 is 0 Å². The summed E-state index contributed by atoms with van der Waals surface area (Å²) < 4.78 is 0. The standard InChI is InChI=1S/C11H15N3OS/c1-8(3-2-5-15)14-10-9-4-6-16-11(9)13-7-12-10/h4,6-8,15H,2-3,5H2,1H3,(H,12,13,14). The van der Waals surface area contributed by atoms with Crippen LogP contribution in [0.5, 0.6) is 0 Å². The molecule has 0 fully saturated rings. The highest BCUT2D eigenvalue weighted by Crippen LogP contribution is 2.24. The molecule has 0 bridgehead atoms. The van der Waals surface area contributed by atoms with Crippen molar-refractivity contribution in [3.8, 4) is 0 Å². The second kappa shape index (κ2) is 5.23. The molecule has 0 spiro atoms. The lowest BCUT2D eigenvalue weighted by Gasteiger charge is -2.14. The van der Waals surface area contributed by atoms with Crippen molar-refractivity contribution >= 4 is 27.4 Å². The molecule has 5 heteroatoms. The molecule has 2 aromatic heterocycles. The summed E-state index contributed by atoms with van der Waals surface area (Å²) in [5, 5.41) is 15.2. The molecule has 2 aromatic rings. The van der Waals surface area contributed by atoms with Crippen molar-refractivity contribution < 1.29 is 5.11 Å². The van der Waals surface area contributed by atoms with Crippen molar-refractivity contribution in [2.45, 2.75) is 25.8 Å². The van der Waals surface area contributed by atoms with Crippen LogP contribution in [0, 0.1) is 0 Å². The molecule has 2 heterocycles. The molecule has 0 saturated heterocycles. The van der Waals surface area contributed by atoms with Crippen LogP contribution in [0.15, 0.2) is 17.8 Å². The number of nitrogens with zero attached hydrogens (tertiary/aromatic N) is 2. The Balaban J connectivity index is 2.11. The van der Waals surface area contributed by atoms with Gasteiger partial charge in [-0.1, -0.05) is 0 Å². The Morgan fingerprint density at radius 3 is 3.19 bits per heavy atom. The zero-order valence-corrected chi connectivity index (χ0v) is 10.00. The van der Waals surface area contributed by atoms with Gasteiger partial charge in [-0.25, -0.2) is 9.97 Å². The molecule has 0 aliphatic rings. The summed E-state index contributed by atoms with van der Waals surface area (Å²) in [6.07, 6.45) is 3.33. The number of nitrogens with one attached hydrogen (secondary N) is 1. The van der Waals surface area contributed by atoms with Crippen LogP contribution in [0.4, 0.5) is 5.82 Å². The van der Waals surface area contributed by atoms with Crippen molar-refractivity contribution in [2.75, 3.05) is 11.9 Å². The molecule has 0 aromatic carbocycles. The summed E-state index contributed by atoms with van der Waals surface area (Å²) in [5.74, 6) is 0.886. The van der Waals surface area contributed by atoms with E-state index in [9.17, 15) is 0 Å². The number of hydrogen-bond donors (Lipinski definition) is 2. The quantitative estimate of drug-likeness (QED) is 0.837. The Morgan fingerprint density at radius 2 is 2.38 bits per heavy atom. The van der Waals surface area contributed by atoms with Gasteiger partial charge in [-0.15, -0.1) is 11.3 Å². The molecule has 0 amide bonds.